The van der Waals surface area contributed by atoms with Crippen molar-refractivity contribution >= 4 is 28.4 Å². The van der Waals surface area contributed by atoms with E-state index in [0.29, 0.717) is 5.82 Å². The van der Waals surface area contributed by atoms with Gasteiger partial charge >= 0.3 is 5.97 Å². The summed E-state index contributed by atoms with van der Waals surface area (Å²) in [6.07, 6.45) is 7.31. The van der Waals surface area contributed by atoms with Gasteiger partial charge in [-0.25, -0.2) is 9.78 Å². The van der Waals surface area contributed by atoms with Gasteiger partial charge in [-0.1, -0.05) is 19.8 Å². The van der Waals surface area contributed by atoms with Crippen LogP contribution in [0.15, 0.2) is 48.8 Å². The first-order valence-electron chi connectivity index (χ1n) is 8.23. The minimum atomic E-state index is -0.992. The number of carboxylic acids is 1. The van der Waals surface area contributed by atoms with E-state index in [1.807, 2.05) is 12.1 Å². The fourth-order valence-electron chi connectivity index (χ4n) is 2.82. The van der Waals surface area contributed by atoms with Crippen molar-refractivity contribution < 1.29 is 9.90 Å². The molecule has 3 aromatic rings. The molecule has 0 fully saturated rings. The van der Waals surface area contributed by atoms with Crippen molar-refractivity contribution in [2.24, 2.45) is 0 Å². The Morgan fingerprint density at radius 2 is 2.12 bits per heavy atom. The lowest BCUT2D eigenvalue weighted by molar-refractivity contribution is 0.0697. The van der Waals surface area contributed by atoms with Crippen molar-refractivity contribution in [1.82, 2.24) is 9.55 Å². The Kier molecular flexibility index (Phi) is 4.79. The Bertz CT molecular complexity index is 855. The molecular formula is C19H21N3O2. The second-order valence-corrected chi connectivity index (χ2v) is 5.82. The van der Waals surface area contributed by atoms with E-state index in [1.54, 1.807) is 18.3 Å². The fourth-order valence-corrected chi connectivity index (χ4v) is 2.82. The minimum Gasteiger partial charge on any atom is -0.478 e. The highest BCUT2D eigenvalue weighted by Crippen LogP contribution is 2.24. The van der Waals surface area contributed by atoms with Crippen molar-refractivity contribution in [3.05, 3.63) is 54.4 Å². The van der Waals surface area contributed by atoms with Crippen LogP contribution < -0.4 is 5.32 Å². The number of hydrogen-bond donors (Lipinski definition) is 2. The summed E-state index contributed by atoms with van der Waals surface area (Å²) in [6.45, 7) is 3.22. The van der Waals surface area contributed by atoms with Gasteiger partial charge in [-0.2, -0.15) is 0 Å². The van der Waals surface area contributed by atoms with E-state index in [4.69, 9.17) is 0 Å². The second kappa shape index (κ2) is 7.17. The smallest absolute Gasteiger partial charge is 0.339 e. The van der Waals surface area contributed by atoms with Crippen molar-refractivity contribution in [2.45, 2.75) is 32.7 Å². The number of carbonyl (C=O) groups is 1. The molecule has 1 aromatic carbocycles. The van der Waals surface area contributed by atoms with Crippen LogP contribution in [0.3, 0.4) is 0 Å². The molecule has 24 heavy (non-hydrogen) atoms. The van der Waals surface area contributed by atoms with Gasteiger partial charge in [-0.05, 0) is 42.8 Å². The maximum absolute atomic E-state index is 11.3. The van der Waals surface area contributed by atoms with Crippen molar-refractivity contribution in [3.63, 3.8) is 0 Å². The summed E-state index contributed by atoms with van der Waals surface area (Å²) in [6, 6.07) is 11.3. The Hall–Kier alpha value is -2.82. The summed E-state index contributed by atoms with van der Waals surface area (Å²) in [4.78, 5) is 15.4. The summed E-state index contributed by atoms with van der Waals surface area (Å²) >= 11 is 0. The molecule has 2 aromatic heterocycles. The van der Waals surface area contributed by atoms with Crippen LogP contribution in [0, 0.1) is 0 Å². The molecular weight excluding hydrogens is 302 g/mol. The Labute approximate surface area is 141 Å². The number of hydrogen-bond acceptors (Lipinski definition) is 3. The Morgan fingerprint density at radius 3 is 2.92 bits per heavy atom. The number of unbranched alkanes of at least 4 members (excludes halogenated alkanes) is 2. The van der Waals surface area contributed by atoms with E-state index < -0.39 is 5.97 Å². The van der Waals surface area contributed by atoms with Gasteiger partial charge in [0.25, 0.3) is 0 Å². The third-order valence-electron chi connectivity index (χ3n) is 4.07. The van der Waals surface area contributed by atoms with Crippen LogP contribution in [-0.4, -0.2) is 20.6 Å². The number of benzene rings is 1. The fraction of sp³-hybridized carbons (Fsp3) is 0.263. The Morgan fingerprint density at radius 1 is 1.25 bits per heavy atom. The van der Waals surface area contributed by atoms with Crippen LogP contribution >= 0.6 is 0 Å². The number of aryl methyl sites for hydroxylation is 1. The maximum atomic E-state index is 11.3. The van der Waals surface area contributed by atoms with Crippen LogP contribution in [0.25, 0.3) is 10.9 Å². The molecule has 0 aliphatic carbocycles. The third kappa shape index (κ3) is 3.40. The lowest BCUT2D eigenvalue weighted by Crippen LogP contribution is -2.04. The first-order valence-corrected chi connectivity index (χ1v) is 8.23. The van der Waals surface area contributed by atoms with Crippen molar-refractivity contribution in [1.29, 1.82) is 0 Å². The predicted octanol–water partition coefficient (Wildman–Crippen LogP) is 4.67. The molecule has 2 N–H and O–H groups in total. The summed E-state index contributed by atoms with van der Waals surface area (Å²) in [5.74, 6) is -0.638. The van der Waals surface area contributed by atoms with Crippen molar-refractivity contribution in [2.75, 3.05) is 5.32 Å². The van der Waals surface area contributed by atoms with Gasteiger partial charge in [0.2, 0.25) is 0 Å². The van der Waals surface area contributed by atoms with Gasteiger partial charge in [-0.3, -0.25) is 0 Å². The number of anilines is 2. The first kappa shape index (κ1) is 16.1. The number of carboxylic acid groups (broad SMARTS) is 1. The summed E-state index contributed by atoms with van der Waals surface area (Å²) in [5, 5.41) is 13.5. The maximum Gasteiger partial charge on any atom is 0.339 e. The van der Waals surface area contributed by atoms with Crippen LogP contribution in [0.5, 0.6) is 0 Å². The molecule has 5 heteroatoms. The summed E-state index contributed by atoms with van der Waals surface area (Å²) < 4.78 is 2.26. The lowest BCUT2D eigenvalue weighted by Gasteiger charge is -2.09. The molecule has 124 valence electrons. The number of fused-ring (bicyclic) bond motifs is 1. The van der Waals surface area contributed by atoms with E-state index in [1.165, 1.54) is 24.8 Å². The van der Waals surface area contributed by atoms with E-state index >= 15 is 0 Å². The van der Waals surface area contributed by atoms with Gasteiger partial charge in [0.15, 0.2) is 0 Å². The molecule has 0 saturated heterocycles. The first-order chi connectivity index (χ1) is 11.7. The predicted molar refractivity (Wildman–Crippen MR) is 95.9 cm³/mol. The SMILES string of the molecule is CCCCCn1ccc2cc(Nc3ncccc3C(=O)O)ccc21. The molecule has 0 saturated carbocycles. The van der Waals surface area contributed by atoms with Crippen LogP contribution in [0.1, 0.15) is 36.5 Å². The monoisotopic (exact) mass is 323 g/mol. The number of nitrogens with zero attached hydrogens (tertiary/aromatic N) is 2. The highest BCUT2D eigenvalue weighted by molar-refractivity contribution is 5.94. The average Bonchev–Trinajstić information content (AvgIpc) is 2.98. The van der Waals surface area contributed by atoms with Gasteiger partial charge in [-0.15, -0.1) is 0 Å². The highest BCUT2D eigenvalue weighted by atomic mass is 16.4. The van der Waals surface area contributed by atoms with E-state index in [9.17, 15) is 9.90 Å². The topological polar surface area (TPSA) is 67.2 Å². The molecule has 0 radical (unpaired) electrons. The van der Waals surface area contributed by atoms with Crippen LogP contribution in [0.2, 0.25) is 0 Å². The molecule has 0 unspecified atom stereocenters. The Balaban J connectivity index is 1.83. The van der Waals surface area contributed by atoms with Crippen LogP contribution in [0.4, 0.5) is 11.5 Å². The standard InChI is InChI=1S/C19H21N3O2/c1-2-3-4-11-22-12-9-14-13-15(7-8-17(14)22)21-18-16(19(23)24)6-5-10-20-18/h5-10,12-13H,2-4,11H2,1H3,(H,20,21)(H,23,24). The quantitative estimate of drug-likeness (QED) is 0.620. The molecule has 0 atom stereocenters. The molecule has 0 aliphatic rings. The summed E-state index contributed by atoms with van der Waals surface area (Å²) in [7, 11) is 0. The molecule has 5 nitrogen and oxygen atoms in total. The largest absolute Gasteiger partial charge is 0.478 e. The molecule has 0 amide bonds. The minimum absolute atomic E-state index is 0.162. The molecule has 3 rings (SSSR count). The zero-order chi connectivity index (χ0) is 16.9. The van der Waals surface area contributed by atoms with Gasteiger partial charge in [0.05, 0.1) is 0 Å². The van der Waals surface area contributed by atoms with Gasteiger partial charge < -0.3 is 15.0 Å². The number of rotatable bonds is 7. The molecule has 0 spiro atoms. The third-order valence-corrected chi connectivity index (χ3v) is 4.07. The zero-order valence-corrected chi connectivity index (χ0v) is 13.7. The molecule has 0 aliphatic heterocycles. The van der Waals surface area contributed by atoms with E-state index in [-0.39, 0.29) is 5.56 Å². The highest BCUT2D eigenvalue weighted by Gasteiger charge is 2.11. The van der Waals surface area contributed by atoms with E-state index in [2.05, 4.69) is 40.1 Å². The average molecular weight is 323 g/mol. The number of nitrogens with one attached hydrogen (secondary N) is 1. The normalized spacial score (nSPS) is 10.9. The molecule has 2 heterocycles. The van der Waals surface area contributed by atoms with Crippen molar-refractivity contribution in [3.8, 4) is 0 Å². The number of pyridine rings is 1. The number of aromatic carboxylic acids is 1. The van der Waals surface area contributed by atoms with Gasteiger partial charge in [0.1, 0.15) is 11.4 Å². The molecule has 0 bridgehead atoms. The van der Waals surface area contributed by atoms with Crippen LogP contribution in [-0.2, 0) is 6.54 Å². The zero-order valence-electron chi connectivity index (χ0n) is 13.7. The lowest BCUT2D eigenvalue weighted by atomic mass is 10.2. The van der Waals surface area contributed by atoms with Gasteiger partial charge in [0, 0.05) is 35.5 Å². The van der Waals surface area contributed by atoms with E-state index in [0.717, 1.165) is 17.6 Å². The number of aromatic nitrogens is 2. The summed E-state index contributed by atoms with van der Waals surface area (Å²) in [5.41, 5.74) is 2.18. The second-order valence-electron chi connectivity index (χ2n) is 5.82.